The van der Waals surface area contributed by atoms with E-state index in [2.05, 4.69) is 17.3 Å². The fourth-order valence-corrected chi connectivity index (χ4v) is 2.75. The van der Waals surface area contributed by atoms with Gasteiger partial charge in [0, 0.05) is 31.9 Å². The van der Waals surface area contributed by atoms with E-state index in [0.29, 0.717) is 10.9 Å². The van der Waals surface area contributed by atoms with Crippen LogP contribution in [0.5, 0.6) is 0 Å². The largest absolute Gasteiger partial charge is 0.314 e. The van der Waals surface area contributed by atoms with E-state index in [0.717, 1.165) is 25.2 Å². The standard InChI is InChI=1S/C12H18N2O2S/c1-14-8-7-13-9-12(14)10-3-5-11(6-4-10)17(2,15)16/h3-6,12-13H,7-9H2,1-2H3. The average Bonchev–Trinajstić information content (AvgIpc) is 2.29. The summed E-state index contributed by atoms with van der Waals surface area (Å²) in [7, 11) is -1.000. The second-order valence-electron chi connectivity index (χ2n) is 4.54. The lowest BCUT2D eigenvalue weighted by Gasteiger charge is -2.33. The van der Waals surface area contributed by atoms with Gasteiger partial charge in [0.05, 0.1) is 4.90 Å². The summed E-state index contributed by atoms with van der Waals surface area (Å²) in [6, 6.07) is 7.52. The Morgan fingerprint density at radius 1 is 1.29 bits per heavy atom. The normalized spacial score (nSPS) is 22.6. The molecule has 1 atom stereocenters. The first kappa shape index (κ1) is 12.5. The zero-order chi connectivity index (χ0) is 12.5. The van der Waals surface area contributed by atoms with E-state index in [-0.39, 0.29) is 0 Å². The highest BCUT2D eigenvalue weighted by Gasteiger charge is 2.20. The van der Waals surface area contributed by atoms with Gasteiger partial charge in [-0.05, 0) is 24.7 Å². The number of benzene rings is 1. The summed E-state index contributed by atoms with van der Waals surface area (Å²) in [4.78, 5) is 2.67. The second-order valence-corrected chi connectivity index (χ2v) is 6.56. The third-order valence-electron chi connectivity index (χ3n) is 3.20. The van der Waals surface area contributed by atoms with Crippen LogP contribution in [0, 0.1) is 0 Å². The molecule has 17 heavy (non-hydrogen) atoms. The first-order chi connectivity index (χ1) is 7.98. The van der Waals surface area contributed by atoms with Gasteiger partial charge >= 0.3 is 0 Å². The summed E-state index contributed by atoms with van der Waals surface area (Å²) in [5.41, 5.74) is 1.16. The smallest absolute Gasteiger partial charge is 0.175 e. The van der Waals surface area contributed by atoms with Crippen molar-refractivity contribution < 1.29 is 8.42 Å². The number of sulfone groups is 1. The fraction of sp³-hybridized carbons (Fsp3) is 0.500. The molecule has 1 aromatic rings. The molecule has 2 rings (SSSR count). The van der Waals surface area contributed by atoms with Crippen LogP contribution in [0.15, 0.2) is 29.2 Å². The predicted octanol–water partition coefficient (Wildman–Crippen LogP) is 0.666. The van der Waals surface area contributed by atoms with E-state index < -0.39 is 9.84 Å². The molecular weight excluding hydrogens is 236 g/mol. The molecule has 0 saturated carbocycles. The molecule has 0 radical (unpaired) electrons. The van der Waals surface area contributed by atoms with Crippen LogP contribution in [-0.4, -0.2) is 46.3 Å². The number of nitrogens with zero attached hydrogens (tertiary/aromatic N) is 1. The van der Waals surface area contributed by atoms with Gasteiger partial charge in [-0.3, -0.25) is 4.90 Å². The van der Waals surface area contributed by atoms with Crippen LogP contribution in [0.2, 0.25) is 0 Å². The molecule has 1 N–H and O–H groups in total. The van der Waals surface area contributed by atoms with Crippen LogP contribution in [0.25, 0.3) is 0 Å². The Morgan fingerprint density at radius 3 is 2.47 bits per heavy atom. The van der Waals surface area contributed by atoms with Crippen LogP contribution >= 0.6 is 0 Å². The Bertz CT molecular complexity index is 482. The van der Waals surface area contributed by atoms with E-state index in [1.807, 2.05) is 12.1 Å². The molecule has 0 aromatic heterocycles. The van der Waals surface area contributed by atoms with Crippen LogP contribution in [0.1, 0.15) is 11.6 Å². The fourth-order valence-electron chi connectivity index (χ4n) is 2.12. The summed E-state index contributed by atoms with van der Waals surface area (Å²) in [6.45, 7) is 2.93. The minimum absolute atomic E-state index is 0.331. The van der Waals surface area contributed by atoms with Gasteiger partial charge in [0.15, 0.2) is 9.84 Å². The summed E-state index contributed by atoms with van der Waals surface area (Å²) < 4.78 is 22.7. The molecule has 94 valence electrons. The van der Waals surface area contributed by atoms with E-state index in [1.54, 1.807) is 12.1 Å². The highest BCUT2D eigenvalue weighted by molar-refractivity contribution is 7.90. The Kier molecular flexibility index (Phi) is 3.51. The van der Waals surface area contributed by atoms with Crippen LogP contribution in [-0.2, 0) is 9.84 Å². The molecule has 0 bridgehead atoms. The summed E-state index contributed by atoms with van der Waals surface area (Å²) in [5, 5.41) is 3.35. The van der Waals surface area contributed by atoms with E-state index in [1.165, 1.54) is 6.26 Å². The van der Waals surface area contributed by atoms with Crippen molar-refractivity contribution in [3.8, 4) is 0 Å². The maximum absolute atomic E-state index is 11.4. The molecule has 1 saturated heterocycles. The van der Waals surface area contributed by atoms with E-state index in [9.17, 15) is 8.42 Å². The Hall–Kier alpha value is -0.910. The predicted molar refractivity (Wildman–Crippen MR) is 67.8 cm³/mol. The summed E-state index contributed by atoms with van der Waals surface area (Å²) >= 11 is 0. The van der Waals surface area contributed by atoms with Crippen molar-refractivity contribution in [3.05, 3.63) is 29.8 Å². The van der Waals surface area contributed by atoms with Crippen molar-refractivity contribution in [1.29, 1.82) is 0 Å². The van der Waals surface area contributed by atoms with Crippen molar-refractivity contribution in [2.75, 3.05) is 32.9 Å². The third kappa shape index (κ3) is 2.86. The molecular formula is C12H18N2O2S. The topological polar surface area (TPSA) is 49.4 Å². The van der Waals surface area contributed by atoms with Crippen LogP contribution in [0.4, 0.5) is 0 Å². The summed E-state index contributed by atoms with van der Waals surface area (Å²) in [6.07, 6.45) is 1.23. The molecule has 0 spiro atoms. The average molecular weight is 254 g/mol. The van der Waals surface area contributed by atoms with Crippen molar-refractivity contribution >= 4 is 9.84 Å². The molecule has 1 heterocycles. The van der Waals surface area contributed by atoms with Crippen LogP contribution < -0.4 is 5.32 Å². The van der Waals surface area contributed by atoms with Gasteiger partial charge in [0.1, 0.15) is 0 Å². The first-order valence-electron chi connectivity index (χ1n) is 5.69. The number of piperazine rings is 1. The second kappa shape index (κ2) is 4.76. The van der Waals surface area contributed by atoms with Gasteiger partial charge in [0.25, 0.3) is 0 Å². The lowest BCUT2D eigenvalue weighted by Crippen LogP contribution is -2.43. The van der Waals surface area contributed by atoms with E-state index >= 15 is 0 Å². The lowest BCUT2D eigenvalue weighted by molar-refractivity contribution is 0.202. The molecule has 1 fully saturated rings. The van der Waals surface area contributed by atoms with Gasteiger partial charge < -0.3 is 5.32 Å². The Balaban J connectivity index is 2.23. The van der Waals surface area contributed by atoms with Gasteiger partial charge in [0.2, 0.25) is 0 Å². The zero-order valence-electron chi connectivity index (χ0n) is 10.2. The van der Waals surface area contributed by atoms with Gasteiger partial charge in [-0.15, -0.1) is 0 Å². The van der Waals surface area contributed by atoms with Crippen molar-refractivity contribution in [1.82, 2.24) is 10.2 Å². The third-order valence-corrected chi connectivity index (χ3v) is 4.33. The van der Waals surface area contributed by atoms with Crippen LogP contribution in [0.3, 0.4) is 0 Å². The SMILES string of the molecule is CN1CCNCC1c1ccc(S(C)(=O)=O)cc1. The summed E-state index contributed by atoms with van der Waals surface area (Å²) in [5.74, 6) is 0. The molecule has 0 amide bonds. The number of likely N-dealkylation sites (N-methyl/N-ethyl adjacent to an activating group) is 1. The molecule has 1 aromatic carbocycles. The lowest BCUT2D eigenvalue weighted by atomic mass is 10.0. The quantitative estimate of drug-likeness (QED) is 0.842. The number of rotatable bonds is 2. The van der Waals surface area contributed by atoms with Gasteiger partial charge in [-0.25, -0.2) is 8.42 Å². The molecule has 4 nitrogen and oxygen atoms in total. The monoisotopic (exact) mass is 254 g/mol. The van der Waals surface area contributed by atoms with E-state index in [4.69, 9.17) is 0 Å². The molecule has 0 aliphatic carbocycles. The Labute approximate surface area is 103 Å². The number of hydrogen-bond acceptors (Lipinski definition) is 4. The molecule has 5 heteroatoms. The first-order valence-corrected chi connectivity index (χ1v) is 7.58. The van der Waals surface area contributed by atoms with Crippen molar-refractivity contribution in [3.63, 3.8) is 0 Å². The van der Waals surface area contributed by atoms with Gasteiger partial charge in [-0.2, -0.15) is 0 Å². The minimum atomic E-state index is -3.09. The van der Waals surface area contributed by atoms with Crippen molar-refractivity contribution in [2.45, 2.75) is 10.9 Å². The maximum Gasteiger partial charge on any atom is 0.175 e. The number of nitrogens with one attached hydrogen (secondary N) is 1. The minimum Gasteiger partial charge on any atom is -0.314 e. The maximum atomic E-state index is 11.4. The highest BCUT2D eigenvalue weighted by Crippen LogP contribution is 2.22. The molecule has 1 aliphatic heterocycles. The zero-order valence-corrected chi connectivity index (χ0v) is 11.0. The van der Waals surface area contributed by atoms with Gasteiger partial charge in [-0.1, -0.05) is 12.1 Å². The molecule has 1 unspecified atom stereocenters. The van der Waals surface area contributed by atoms with Crippen molar-refractivity contribution in [2.24, 2.45) is 0 Å². The number of hydrogen-bond donors (Lipinski definition) is 1. The molecule has 1 aliphatic rings. The highest BCUT2D eigenvalue weighted by atomic mass is 32.2. The Morgan fingerprint density at radius 2 is 1.94 bits per heavy atom.